The number of benzene rings is 1. The standard InChI is InChI=1S/C15H12BFN4O/c16-11-7-18-14(21-8-19-20-15(11)21)4-1-9-10-5-6-22-13(10)3-2-12(9)17/h2-3,7-8H,1,4-6H2. The monoisotopic (exact) mass is 294 g/mol. The van der Waals surface area contributed by atoms with Gasteiger partial charge in [0.1, 0.15) is 31.6 Å². The van der Waals surface area contributed by atoms with Crippen LogP contribution in [0.1, 0.15) is 17.0 Å². The number of hydrogen-bond donors (Lipinski definition) is 0. The molecule has 3 aromatic rings. The molecular weight excluding hydrogens is 282 g/mol. The molecule has 5 nitrogen and oxygen atoms in total. The molecule has 0 unspecified atom stereocenters. The highest BCUT2D eigenvalue weighted by Crippen LogP contribution is 2.30. The Morgan fingerprint density at radius 2 is 2.23 bits per heavy atom. The van der Waals surface area contributed by atoms with Crippen LogP contribution in [0.3, 0.4) is 0 Å². The van der Waals surface area contributed by atoms with Crippen LogP contribution < -0.4 is 10.2 Å². The second-order valence-corrected chi connectivity index (χ2v) is 5.26. The van der Waals surface area contributed by atoms with E-state index in [9.17, 15) is 4.39 Å². The smallest absolute Gasteiger partial charge is 0.156 e. The second-order valence-electron chi connectivity index (χ2n) is 5.26. The molecule has 4 rings (SSSR count). The van der Waals surface area contributed by atoms with Crippen molar-refractivity contribution in [3.05, 3.63) is 47.4 Å². The van der Waals surface area contributed by atoms with Crippen LogP contribution in [-0.2, 0) is 19.3 Å². The van der Waals surface area contributed by atoms with E-state index >= 15 is 0 Å². The summed E-state index contributed by atoms with van der Waals surface area (Å²) in [5.74, 6) is 1.35. The van der Waals surface area contributed by atoms with Gasteiger partial charge in [0.05, 0.1) is 6.61 Å². The van der Waals surface area contributed by atoms with Crippen molar-refractivity contribution in [1.82, 2.24) is 19.6 Å². The molecule has 7 heteroatoms. The number of halogens is 1. The first-order valence-electron chi connectivity index (χ1n) is 7.10. The Morgan fingerprint density at radius 3 is 3.14 bits per heavy atom. The molecule has 22 heavy (non-hydrogen) atoms. The Kier molecular flexibility index (Phi) is 3.06. The van der Waals surface area contributed by atoms with Gasteiger partial charge < -0.3 is 4.74 Å². The number of ether oxygens (including phenoxy) is 1. The fourth-order valence-electron chi connectivity index (χ4n) is 2.89. The van der Waals surface area contributed by atoms with Crippen molar-refractivity contribution in [2.24, 2.45) is 0 Å². The normalized spacial score (nSPS) is 13.3. The summed E-state index contributed by atoms with van der Waals surface area (Å²) < 4.78 is 21.4. The van der Waals surface area contributed by atoms with E-state index in [4.69, 9.17) is 12.6 Å². The topological polar surface area (TPSA) is 52.3 Å². The predicted octanol–water partition coefficient (Wildman–Crippen LogP) is 0.777. The van der Waals surface area contributed by atoms with Crippen LogP contribution in [0.15, 0.2) is 24.7 Å². The van der Waals surface area contributed by atoms with Gasteiger partial charge in [-0.15, -0.1) is 10.2 Å². The minimum absolute atomic E-state index is 0.195. The number of fused-ring (bicyclic) bond motifs is 2. The maximum absolute atomic E-state index is 14.1. The van der Waals surface area contributed by atoms with Crippen LogP contribution in [0, 0.1) is 5.82 Å². The first-order chi connectivity index (χ1) is 10.7. The fraction of sp³-hybridized carbons (Fsp3) is 0.267. The van der Waals surface area contributed by atoms with Crippen LogP contribution in [0.2, 0.25) is 0 Å². The molecular formula is C15H12BFN4O. The summed E-state index contributed by atoms with van der Waals surface area (Å²) in [7, 11) is 5.81. The van der Waals surface area contributed by atoms with Gasteiger partial charge >= 0.3 is 0 Å². The van der Waals surface area contributed by atoms with Gasteiger partial charge in [-0.05, 0) is 29.6 Å². The summed E-state index contributed by atoms with van der Waals surface area (Å²) in [6.45, 7) is 0.613. The summed E-state index contributed by atoms with van der Waals surface area (Å²) in [4.78, 5) is 4.32. The van der Waals surface area contributed by atoms with Crippen LogP contribution in [-0.4, -0.2) is 34.0 Å². The Morgan fingerprint density at radius 1 is 1.32 bits per heavy atom. The number of aryl methyl sites for hydroxylation is 1. The van der Waals surface area contributed by atoms with E-state index in [0.717, 1.165) is 23.6 Å². The number of aromatic nitrogens is 4. The highest BCUT2D eigenvalue weighted by Gasteiger charge is 2.19. The van der Waals surface area contributed by atoms with E-state index in [-0.39, 0.29) is 5.82 Å². The van der Waals surface area contributed by atoms with Crippen molar-refractivity contribution in [1.29, 1.82) is 0 Å². The molecule has 0 fully saturated rings. The Hall–Kier alpha value is -2.44. The molecule has 0 atom stereocenters. The van der Waals surface area contributed by atoms with Gasteiger partial charge in [-0.1, -0.05) is 0 Å². The lowest BCUT2D eigenvalue weighted by atomic mass is 9.98. The van der Waals surface area contributed by atoms with Crippen molar-refractivity contribution < 1.29 is 9.13 Å². The third kappa shape index (κ3) is 2.04. The van der Waals surface area contributed by atoms with Crippen molar-refractivity contribution in [2.45, 2.75) is 19.3 Å². The van der Waals surface area contributed by atoms with E-state index in [1.165, 1.54) is 6.07 Å². The Bertz CT molecular complexity index is 864. The minimum Gasteiger partial charge on any atom is -0.493 e. The van der Waals surface area contributed by atoms with Crippen LogP contribution >= 0.6 is 0 Å². The van der Waals surface area contributed by atoms with Crippen molar-refractivity contribution in [2.75, 3.05) is 6.61 Å². The highest BCUT2D eigenvalue weighted by molar-refractivity contribution is 6.35. The molecule has 0 aliphatic carbocycles. The molecule has 0 bridgehead atoms. The molecule has 1 aliphatic heterocycles. The quantitative estimate of drug-likeness (QED) is 0.670. The number of nitrogens with zero attached hydrogens (tertiary/aromatic N) is 4. The van der Waals surface area contributed by atoms with Gasteiger partial charge in [0, 0.05) is 24.6 Å². The van der Waals surface area contributed by atoms with Gasteiger partial charge in [0.2, 0.25) is 0 Å². The van der Waals surface area contributed by atoms with Gasteiger partial charge in [-0.2, -0.15) is 0 Å². The van der Waals surface area contributed by atoms with Gasteiger partial charge in [-0.3, -0.25) is 4.40 Å². The zero-order valence-electron chi connectivity index (χ0n) is 11.8. The average Bonchev–Trinajstić information content (AvgIpc) is 3.17. The second kappa shape index (κ2) is 5.08. The molecule has 2 aromatic heterocycles. The van der Waals surface area contributed by atoms with E-state index < -0.39 is 0 Å². The molecule has 1 aliphatic rings. The van der Waals surface area contributed by atoms with Crippen LogP contribution in [0.4, 0.5) is 4.39 Å². The Balaban J connectivity index is 1.67. The Labute approximate surface area is 127 Å². The molecule has 1 aromatic carbocycles. The molecule has 0 N–H and O–H groups in total. The molecule has 108 valence electrons. The summed E-state index contributed by atoms with van der Waals surface area (Å²) >= 11 is 0. The van der Waals surface area contributed by atoms with E-state index in [2.05, 4.69) is 15.2 Å². The van der Waals surface area contributed by atoms with Crippen LogP contribution in [0.5, 0.6) is 5.75 Å². The lowest BCUT2D eigenvalue weighted by molar-refractivity contribution is 0.356. The zero-order chi connectivity index (χ0) is 15.1. The highest BCUT2D eigenvalue weighted by atomic mass is 19.1. The SMILES string of the molecule is [B]c1cnc(CCc2c(F)ccc3c2CCO3)n2cnnc12. The van der Waals surface area contributed by atoms with Gasteiger partial charge in [0.25, 0.3) is 0 Å². The van der Waals surface area contributed by atoms with E-state index in [0.29, 0.717) is 36.1 Å². The van der Waals surface area contributed by atoms with Crippen molar-refractivity contribution >= 4 is 19.0 Å². The third-order valence-corrected chi connectivity index (χ3v) is 3.98. The largest absolute Gasteiger partial charge is 0.493 e. The molecule has 3 heterocycles. The zero-order valence-corrected chi connectivity index (χ0v) is 11.8. The fourth-order valence-corrected chi connectivity index (χ4v) is 2.89. The first-order valence-corrected chi connectivity index (χ1v) is 7.10. The lowest BCUT2D eigenvalue weighted by Crippen LogP contribution is -2.14. The number of hydrogen-bond acceptors (Lipinski definition) is 4. The van der Waals surface area contributed by atoms with Crippen molar-refractivity contribution in [3.63, 3.8) is 0 Å². The van der Waals surface area contributed by atoms with Gasteiger partial charge in [0.15, 0.2) is 5.65 Å². The van der Waals surface area contributed by atoms with Crippen molar-refractivity contribution in [3.8, 4) is 5.75 Å². The minimum atomic E-state index is -0.195. The maximum Gasteiger partial charge on any atom is 0.156 e. The predicted molar refractivity (Wildman–Crippen MR) is 79.2 cm³/mol. The summed E-state index contributed by atoms with van der Waals surface area (Å²) in [6, 6.07) is 3.16. The molecule has 0 saturated heterocycles. The molecule has 2 radical (unpaired) electrons. The van der Waals surface area contributed by atoms with E-state index in [1.807, 2.05) is 0 Å². The van der Waals surface area contributed by atoms with E-state index in [1.54, 1.807) is 23.0 Å². The summed E-state index contributed by atoms with van der Waals surface area (Å²) in [5, 5.41) is 7.82. The first kappa shape index (κ1) is 13.2. The lowest BCUT2D eigenvalue weighted by Gasteiger charge is -2.09. The summed E-state index contributed by atoms with van der Waals surface area (Å²) in [6.07, 6.45) is 5.00. The molecule has 0 amide bonds. The molecule has 0 saturated carbocycles. The van der Waals surface area contributed by atoms with Gasteiger partial charge in [-0.25, -0.2) is 9.37 Å². The maximum atomic E-state index is 14.1. The average molecular weight is 294 g/mol. The third-order valence-electron chi connectivity index (χ3n) is 3.98. The number of rotatable bonds is 3. The molecule has 0 spiro atoms. The van der Waals surface area contributed by atoms with Crippen LogP contribution in [0.25, 0.3) is 5.65 Å². The summed E-state index contributed by atoms with van der Waals surface area (Å²) in [5.41, 5.74) is 2.72.